The first-order chi connectivity index (χ1) is 9.05. The van der Waals surface area contributed by atoms with Crippen LogP contribution in [0.4, 0.5) is 0 Å². The summed E-state index contributed by atoms with van der Waals surface area (Å²) in [6, 6.07) is 8.39. The highest BCUT2D eigenvalue weighted by Gasteiger charge is 2.32. The quantitative estimate of drug-likeness (QED) is 0.777. The lowest BCUT2D eigenvalue weighted by atomic mass is 9.88. The Balaban J connectivity index is 2.81. The minimum Gasteiger partial charge on any atom is -0.377 e. The molecule has 0 amide bonds. The predicted molar refractivity (Wildman–Crippen MR) is 82.9 cm³/mol. The molecule has 19 heavy (non-hydrogen) atoms. The standard InChI is InChI=1S/C16H26ClNO/c1-5-11-18-15(16(3,6-2)19-4)12-13-7-9-14(17)10-8-13/h7-10,15,18H,5-6,11-12H2,1-4H3. The lowest BCUT2D eigenvalue weighted by Crippen LogP contribution is -2.51. The fourth-order valence-corrected chi connectivity index (χ4v) is 2.34. The second kappa shape index (κ2) is 7.88. The fourth-order valence-electron chi connectivity index (χ4n) is 2.21. The number of hydrogen-bond acceptors (Lipinski definition) is 2. The first-order valence-corrected chi connectivity index (χ1v) is 7.46. The molecule has 1 rings (SSSR count). The molecule has 3 heteroatoms. The molecule has 0 aliphatic rings. The molecule has 0 aliphatic carbocycles. The van der Waals surface area contributed by atoms with Gasteiger partial charge in [0.1, 0.15) is 0 Å². The molecular weight excluding hydrogens is 258 g/mol. The van der Waals surface area contributed by atoms with Crippen molar-refractivity contribution in [2.24, 2.45) is 0 Å². The molecule has 2 nitrogen and oxygen atoms in total. The highest BCUT2D eigenvalue weighted by Crippen LogP contribution is 2.23. The summed E-state index contributed by atoms with van der Waals surface area (Å²) in [5.74, 6) is 0. The first kappa shape index (κ1) is 16.5. The van der Waals surface area contributed by atoms with E-state index in [1.54, 1.807) is 7.11 Å². The summed E-state index contributed by atoms with van der Waals surface area (Å²) >= 11 is 5.94. The van der Waals surface area contributed by atoms with Gasteiger partial charge in [0.15, 0.2) is 0 Å². The minimum absolute atomic E-state index is 0.144. The van der Waals surface area contributed by atoms with Gasteiger partial charge in [0.2, 0.25) is 0 Å². The molecular formula is C16H26ClNO. The topological polar surface area (TPSA) is 21.3 Å². The molecule has 1 aromatic rings. The molecule has 0 fully saturated rings. The molecule has 108 valence electrons. The maximum Gasteiger partial charge on any atom is 0.0803 e. The maximum absolute atomic E-state index is 5.94. The summed E-state index contributed by atoms with van der Waals surface area (Å²) in [5, 5.41) is 4.40. The van der Waals surface area contributed by atoms with Crippen LogP contribution in [0.3, 0.4) is 0 Å². The number of methoxy groups -OCH3 is 1. The van der Waals surface area contributed by atoms with Crippen molar-refractivity contribution in [1.29, 1.82) is 0 Å². The van der Waals surface area contributed by atoms with Gasteiger partial charge < -0.3 is 10.1 Å². The SMILES string of the molecule is CCCNC(Cc1ccc(Cl)cc1)C(C)(CC)OC. The molecule has 0 radical (unpaired) electrons. The average molecular weight is 284 g/mol. The van der Waals surface area contributed by atoms with Gasteiger partial charge in [0.25, 0.3) is 0 Å². The Kier molecular flexibility index (Phi) is 6.84. The van der Waals surface area contributed by atoms with Crippen molar-refractivity contribution < 1.29 is 4.74 Å². The van der Waals surface area contributed by atoms with E-state index in [4.69, 9.17) is 16.3 Å². The lowest BCUT2D eigenvalue weighted by Gasteiger charge is -2.36. The van der Waals surface area contributed by atoms with Gasteiger partial charge in [-0.15, -0.1) is 0 Å². The summed E-state index contributed by atoms with van der Waals surface area (Å²) in [7, 11) is 1.80. The van der Waals surface area contributed by atoms with E-state index >= 15 is 0 Å². The minimum atomic E-state index is -0.144. The number of halogens is 1. The molecule has 2 atom stereocenters. The van der Waals surface area contributed by atoms with Crippen LogP contribution in [0.2, 0.25) is 5.02 Å². The zero-order valence-corrected chi connectivity index (χ0v) is 13.3. The second-order valence-corrected chi connectivity index (χ2v) is 5.64. The van der Waals surface area contributed by atoms with E-state index in [1.165, 1.54) is 5.56 Å². The van der Waals surface area contributed by atoms with E-state index in [0.29, 0.717) is 6.04 Å². The Labute approximate surface area is 122 Å². The molecule has 0 saturated heterocycles. The molecule has 0 aliphatic heterocycles. The van der Waals surface area contributed by atoms with Crippen LogP contribution in [0.5, 0.6) is 0 Å². The van der Waals surface area contributed by atoms with Crippen molar-refractivity contribution in [1.82, 2.24) is 5.32 Å². The third-order valence-electron chi connectivity index (χ3n) is 3.90. The van der Waals surface area contributed by atoms with Crippen LogP contribution in [-0.4, -0.2) is 25.3 Å². The zero-order valence-electron chi connectivity index (χ0n) is 12.5. The van der Waals surface area contributed by atoms with E-state index in [1.807, 2.05) is 12.1 Å². The Morgan fingerprint density at radius 2 is 1.89 bits per heavy atom. The predicted octanol–water partition coefficient (Wildman–Crippen LogP) is 4.07. The van der Waals surface area contributed by atoms with Gasteiger partial charge in [-0.05, 0) is 50.4 Å². The Morgan fingerprint density at radius 3 is 2.37 bits per heavy atom. The normalized spacial score (nSPS) is 16.1. The molecule has 1 aromatic carbocycles. The summed E-state index contributed by atoms with van der Waals surface area (Å²) in [4.78, 5) is 0. The van der Waals surface area contributed by atoms with Gasteiger partial charge in [-0.3, -0.25) is 0 Å². The number of nitrogens with one attached hydrogen (secondary N) is 1. The van der Waals surface area contributed by atoms with E-state index in [0.717, 1.165) is 30.8 Å². The summed E-state index contributed by atoms with van der Waals surface area (Å²) in [6.07, 6.45) is 3.06. The largest absolute Gasteiger partial charge is 0.377 e. The highest BCUT2D eigenvalue weighted by atomic mass is 35.5. The van der Waals surface area contributed by atoms with E-state index < -0.39 is 0 Å². The van der Waals surface area contributed by atoms with Crippen molar-refractivity contribution in [3.05, 3.63) is 34.9 Å². The molecule has 0 heterocycles. The van der Waals surface area contributed by atoms with Crippen LogP contribution in [0.25, 0.3) is 0 Å². The van der Waals surface area contributed by atoms with Crippen molar-refractivity contribution >= 4 is 11.6 Å². The third kappa shape index (κ3) is 4.79. The van der Waals surface area contributed by atoms with E-state index in [9.17, 15) is 0 Å². The van der Waals surface area contributed by atoms with Crippen molar-refractivity contribution in [2.45, 2.75) is 51.7 Å². The molecule has 0 saturated carbocycles. The average Bonchev–Trinajstić information content (AvgIpc) is 2.44. The summed E-state index contributed by atoms with van der Waals surface area (Å²) < 4.78 is 5.75. The molecule has 1 N–H and O–H groups in total. The van der Waals surface area contributed by atoms with Gasteiger partial charge >= 0.3 is 0 Å². The van der Waals surface area contributed by atoms with Gasteiger partial charge in [0.05, 0.1) is 5.60 Å². The lowest BCUT2D eigenvalue weighted by molar-refractivity contribution is -0.0287. The van der Waals surface area contributed by atoms with Crippen LogP contribution in [0.15, 0.2) is 24.3 Å². The van der Waals surface area contributed by atoms with Crippen LogP contribution < -0.4 is 5.32 Å². The van der Waals surface area contributed by atoms with Crippen molar-refractivity contribution in [3.63, 3.8) is 0 Å². The molecule has 2 unspecified atom stereocenters. The Bertz CT molecular complexity index is 360. The molecule has 0 bridgehead atoms. The smallest absolute Gasteiger partial charge is 0.0803 e. The fraction of sp³-hybridized carbons (Fsp3) is 0.625. The van der Waals surface area contributed by atoms with Gasteiger partial charge in [-0.2, -0.15) is 0 Å². The van der Waals surface area contributed by atoms with Crippen molar-refractivity contribution in [3.8, 4) is 0 Å². The summed E-state index contributed by atoms with van der Waals surface area (Å²) in [5.41, 5.74) is 1.14. The Hall–Kier alpha value is -0.570. The van der Waals surface area contributed by atoms with E-state index in [2.05, 4.69) is 38.2 Å². The van der Waals surface area contributed by atoms with Crippen LogP contribution in [-0.2, 0) is 11.2 Å². The van der Waals surface area contributed by atoms with Crippen LogP contribution >= 0.6 is 11.6 Å². The van der Waals surface area contributed by atoms with Gasteiger partial charge in [0, 0.05) is 18.2 Å². The second-order valence-electron chi connectivity index (χ2n) is 5.21. The number of benzene rings is 1. The van der Waals surface area contributed by atoms with Crippen LogP contribution in [0.1, 0.15) is 39.2 Å². The molecule has 0 spiro atoms. The zero-order chi connectivity index (χ0) is 14.3. The third-order valence-corrected chi connectivity index (χ3v) is 4.15. The van der Waals surface area contributed by atoms with Crippen molar-refractivity contribution in [2.75, 3.05) is 13.7 Å². The number of hydrogen-bond donors (Lipinski definition) is 1. The highest BCUT2D eigenvalue weighted by molar-refractivity contribution is 6.30. The molecule has 0 aromatic heterocycles. The van der Waals surface area contributed by atoms with E-state index in [-0.39, 0.29) is 5.60 Å². The van der Waals surface area contributed by atoms with Crippen LogP contribution in [0, 0.1) is 0 Å². The van der Waals surface area contributed by atoms with Gasteiger partial charge in [-0.1, -0.05) is 37.6 Å². The summed E-state index contributed by atoms with van der Waals surface area (Å²) in [6.45, 7) is 7.54. The van der Waals surface area contributed by atoms with Gasteiger partial charge in [-0.25, -0.2) is 0 Å². The Morgan fingerprint density at radius 1 is 1.26 bits per heavy atom. The monoisotopic (exact) mass is 283 g/mol. The number of ether oxygens (including phenoxy) is 1. The number of rotatable bonds is 8. The first-order valence-electron chi connectivity index (χ1n) is 7.08. The maximum atomic E-state index is 5.94.